The Labute approximate surface area is 194 Å². The first-order valence-corrected chi connectivity index (χ1v) is 11.3. The van der Waals surface area contributed by atoms with E-state index >= 15 is 0 Å². The fourth-order valence-electron chi connectivity index (χ4n) is 3.61. The number of nitrogens with one attached hydrogen (secondary N) is 5. The molecule has 0 unspecified atom stereocenters. The van der Waals surface area contributed by atoms with E-state index in [9.17, 15) is 24.3 Å². The van der Waals surface area contributed by atoms with E-state index < -0.39 is 48.1 Å². The standard InChI is InChI=1S/C21H38N6O6/c1-21(2,3)33-20(32)27-16(13-8-5-4-6-9-13)17(29)25-12-15(28)26-14(18(30)31)10-7-11-24-19(22)23/h13-14,16H,4-12H2,1-3H3,(H,25,29)(H,26,28)(H,27,32)(H,30,31)(H4,22,23,24)/t14-,16-/m0/s1. The number of carboxylic acids is 1. The fourth-order valence-corrected chi connectivity index (χ4v) is 3.61. The van der Waals surface area contributed by atoms with E-state index in [2.05, 4.69) is 21.3 Å². The summed E-state index contributed by atoms with van der Waals surface area (Å²) >= 11 is 0. The van der Waals surface area contributed by atoms with Crippen LogP contribution in [0.4, 0.5) is 4.79 Å². The third kappa shape index (κ3) is 11.9. The predicted molar refractivity (Wildman–Crippen MR) is 121 cm³/mol. The molecule has 0 aromatic rings. The summed E-state index contributed by atoms with van der Waals surface area (Å²) in [4.78, 5) is 48.7. The number of hydrogen-bond acceptors (Lipinski definition) is 6. The van der Waals surface area contributed by atoms with Gasteiger partial charge >= 0.3 is 12.1 Å². The molecule has 0 aromatic heterocycles. The SMILES string of the molecule is CC(C)(C)OC(=O)N[C@H](C(=O)NCC(=O)N[C@@H](CCCNC(=N)N)C(=O)O)C1CCCCC1. The van der Waals surface area contributed by atoms with Crippen molar-refractivity contribution in [2.24, 2.45) is 11.7 Å². The smallest absolute Gasteiger partial charge is 0.408 e. The number of guanidine groups is 1. The van der Waals surface area contributed by atoms with Gasteiger partial charge in [-0.25, -0.2) is 9.59 Å². The van der Waals surface area contributed by atoms with Crippen molar-refractivity contribution in [3.63, 3.8) is 0 Å². The van der Waals surface area contributed by atoms with Crippen molar-refractivity contribution >= 4 is 29.8 Å². The van der Waals surface area contributed by atoms with E-state index in [1.165, 1.54) is 0 Å². The van der Waals surface area contributed by atoms with Gasteiger partial charge in [-0.1, -0.05) is 19.3 Å². The molecule has 1 aliphatic rings. The summed E-state index contributed by atoms with van der Waals surface area (Å²) in [5, 5.41) is 26.5. The van der Waals surface area contributed by atoms with Crippen LogP contribution in [0.25, 0.3) is 0 Å². The summed E-state index contributed by atoms with van der Waals surface area (Å²) in [6, 6.07) is -1.99. The van der Waals surface area contributed by atoms with Crippen LogP contribution in [0.1, 0.15) is 65.7 Å². The van der Waals surface area contributed by atoms with Gasteiger partial charge in [-0.2, -0.15) is 0 Å². The van der Waals surface area contributed by atoms with E-state index in [0.717, 1.165) is 32.1 Å². The zero-order valence-electron chi connectivity index (χ0n) is 19.7. The topological polar surface area (TPSA) is 196 Å². The summed E-state index contributed by atoms with van der Waals surface area (Å²) < 4.78 is 5.27. The van der Waals surface area contributed by atoms with Gasteiger partial charge in [-0.3, -0.25) is 15.0 Å². The van der Waals surface area contributed by atoms with Crippen LogP contribution in [0.5, 0.6) is 0 Å². The van der Waals surface area contributed by atoms with Crippen molar-refractivity contribution < 1.29 is 29.0 Å². The van der Waals surface area contributed by atoms with Crippen LogP contribution in [0, 0.1) is 11.3 Å². The Hall–Kier alpha value is -3.05. The fraction of sp³-hybridized carbons (Fsp3) is 0.762. The van der Waals surface area contributed by atoms with Gasteiger partial charge < -0.3 is 36.8 Å². The molecule has 0 spiro atoms. The van der Waals surface area contributed by atoms with Crippen molar-refractivity contribution in [3.8, 4) is 0 Å². The van der Waals surface area contributed by atoms with Crippen molar-refractivity contribution in [2.75, 3.05) is 13.1 Å². The Kier molecular flexibility index (Phi) is 11.4. The van der Waals surface area contributed by atoms with E-state index in [1.54, 1.807) is 20.8 Å². The lowest BCUT2D eigenvalue weighted by Gasteiger charge is -2.31. The minimum atomic E-state index is -1.20. The Morgan fingerprint density at radius 1 is 1.09 bits per heavy atom. The number of rotatable bonds is 11. The number of carboxylic acid groups (broad SMARTS) is 1. The van der Waals surface area contributed by atoms with Crippen molar-refractivity contribution in [2.45, 2.75) is 83.4 Å². The molecule has 1 fully saturated rings. The van der Waals surface area contributed by atoms with Crippen LogP contribution in [-0.2, 0) is 19.1 Å². The molecule has 0 radical (unpaired) electrons. The quantitative estimate of drug-likeness (QED) is 0.128. The van der Waals surface area contributed by atoms with Crippen LogP contribution in [0.2, 0.25) is 0 Å². The van der Waals surface area contributed by atoms with Crippen LogP contribution >= 0.6 is 0 Å². The number of carbonyl (C=O) groups is 4. The van der Waals surface area contributed by atoms with Crippen LogP contribution < -0.4 is 27.0 Å². The number of carbonyl (C=O) groups excluding carboxylic acids is 3. The summed E-state index contributed by atoms with van der Waals surface area (Å²) in [6.45, 7) is 5.05. The van der Waals surface area contributed by atoms with Gasteiger partial charge in [0.25, 0.3) is 0 Å². The maximum absolute atomic E-state index is 12.8. The molecule has 188 valence electrons. The highest BCUT2D eigenvalue weighted by molar-refractivity contribution is 5.91. The first-order valence-electron chi connectivity index (χ1n) is 11.3. The number of nitrogens with two attached hydrogens (primary N) is 1. The zero-order chi connectivity index (χ0) is 25.0. The van der Waals surface area contributed by atoms with Crippen molar-refractivity contribution in [1.82, 2.24) is 21.3 Å². The summed E-state index contributed by atoms with van der Waals surface area (Å²) in [5.74, 6) is -2.67. The van der Waals surface area contributed by atoms with Crippen molar-refractivity contribution in [3.05, 3.63) is 0 Å². The zero-order valence-corrected chi connectivity index (χ0v) is 19.7. The average Bonchev–Trinajstić information content (AvgIpc) is 2.71. The number of alkyl carbamates (subject to hydrolysis) is 1. The molecule has 3 amide bonds. The number of amides is 3. The van der Waals surface area contributed by atoms with Crippen molar-refractivity contribution in [1.29, 1.82) is 5.41 Å². The lowest BCUT2D eigenvalue weighted by molar-refractivity contribution is -0.142. The van der Waals surface area contributed by atoms with Gasteiger partial charge in [0.2, 0.25) is 11.8 Å². The maximum atomic E-state index is 12.8. The largest absolute Gasteiger partial charge is 0.480 e. The molecular formula is C21H38N6O6. The lowest BCUT2D eigenvalue weighted by atomic mass is 9.83. The highest BCUT2D eigenvalue weighted by atomic mass is 16.6. The molecule has 0 bridgehead atoms. The van der Waals surface area contributed by atoms with E-state index in [4.69, 9.17) is 15.9 Å². The molecule has 0 saturated heterocycles. The highest BCUT2D eigenvalue weighted by Gasteiger charge is 2.32. The molecule has 1 aliphatic carbocycles. The van der Waals surface area contributed by atoms with Crippen LogP contribution in [0.15, 0.2) is 0 Å². The molecule has 1 saturated carbocycles. The molecule has 8 N–H and O–H groups in total. The number of hydrogen-bond donors (Lipinski definition) is 7. The van der Waals surface area contributed by atoms with E-state index in [1.807, 2.05) is 0 Å². The lowest BCUT2D eigenvalue weighted by Crippen LogP contribution is -2.54. The second-order valence-electron chi connectivity index (χ2n) is 9.18. The molecule has 12 nitrogen and oxygen atoms in total. The second-order valence-corrected chi connectivity index (χ2v) is 9.18. The van der Waals surface area contributed by atoms with Gasteiger partial charge in [-0.05, 0) is 52.4 Å². The summed E-state index contributed by atoms with van der Waals surface area (Å²) in [6.07, 6.45) is 4.30. The Bertz CT molecular complexity index is 702. The Balaban J connectivity index is 2.64. The van der Waals surface area contributed by atoms with Gasteiger partial charge in [0.05, 0.1) is 6.54 Å². The predicted octanol–water partition coefficient (Wildman–Crippen LogP) is 0.409. The van der Waals surface area contributed by atoms with Gasteiger partial charge in [0.1, 0.15) is 17.7 Å². The number of aliphatic carboxylic acids is 1. The molecule has 33 heavy (non-hydrogen) atoms. The first-order chi connectivity index (χ1) is 15.4. The van der Waals surface area contributed by atoms with E-state index in [0.29, 0.717) is 13.0 Å². The monoisotopic (exact) mass is 470 g/mol. The van der Waals surface area contributed by atoms with Gasteiger partial charge in [-0.15, -0.1) is 0 Å². The highest BCUT2D eigenvalue weighted by Crippen LogP contribution is 2.27. The third-order valence-corrected chi connectivity index (χ3v) is 5.12. The van der Waals surface area contributed by atoms with Crippen LogP contribution in [0.3, 0.4) is 0 Å². The molecule has 2 atom stereocenters. The van der Waals surface area contributed by atoms with E-state index in [-0.39, 0.29) is 18.3 Å². The first kappa shape index (κ1) is 28.0. The normalized spacial score (nSPS) is 16.1. The molecular weight excluding hydrogens is 432 g/mol. The van der Waals surface area contributed by atoms with Gasteiger partial charge in [0, 0.05) is 6.54 Å². The Morgan fingerprint density at radius 2 is 1.73 bits per heavy atom. The van der Waals surface area contributed by atoms with Gasteiger partial charge in [0.15, 0.2) is 5.96 Å². The maximum Gasteiger partial charge on any atom is 0.408 e. The number of ether oxygens (including phenoxy) is 1. The van der Waals surface area contributed by atoms with Crippen LogP contribution in [-0.4, -0.2) is 65.7 Å². The molecule has 12 heteroatoms. The molecule has 1 rings (SSSR count). The average molecular weight is 471 g/mol. The summed E-state index contributed by atoms with van der Waals surface area (Å²) in [5.41, 5.74) is 4.45. The third-order valence-electron chi connectivity index (χ3n) is 5.12. The molecule has 0 aromatic carbocycles. The molecule has 0 aliphatic heterocycles. The summed E-state index contributed by atoms with van der Waals surface area (Å²) in [7, 11) is 0. The Morgan fingerprint density at radius 3 is 2.27 bits per heavy atom. The minimum Gasteiger partial charge on any atom is -0.480 e. The minimum absolute atomic E-state index is 0.0742. The molecule has 0 heterocycles. The second kappa shape index (κ2) is 13.5.